The van der Waals surface area contributed by atoms with Gasteiger partial charge in [0, 0.05) is 16.8 Å². The van der Waals surface area contributed by atoms with Gasteiger partial charge in [-0.3, -0.25) is 0 Å². The van der Waals surface area contributed by atoms with E-state index in [0.29, 0.717) is 5.41 Å². The molecule has 51 valence electrons. The van der Waals surface area contributed by atoms with Crippen molar-refractivity contribution in [3.63, 3.8) is 0 Å². The molecular weight excluding hydrogens is 143 g/mol. The van der Waals surface area contributed by atoms with Crippen LogP contribution in [0.5, 0.6) is 0 Å². The zero-order valence-electron chi connectivity index (χ0n) is 5.70. The molecule has 0 fully saturated rings. The van der Waals surface area contributed by atoms with Crippen molar-refractivity contribution in [3.8, 4) is 0 Å². The Morgan fingerprint density at radius 3 is 1.62 bits per heavy atom. The van der Waals surface area contributed by atoms with Gasteiger partial charge < -0.3 is 0 Å². The van der Waals surface area contributed by atoms with Crippen LogP contribution in [0.2, 0.25) is 0 Å². The van der Waals surface area contributed by atoms with Crippen LogP contribution in [0.4, 0.5) is 0 Å². The molecule has 0 amide bonds. The van der Waals surface area contributed by atoms with E-state index in [1.165, 1.54) is 0 Å². The summed E-state index contributed by atoms with van der Waals surface area (Å²) in [5.74, 6) is 0. The van der Waals surface area contributed by atoms with Crippen molar-refractivity contribution >= 4 is 0 Å². The molecule has 1 radical (unpaired) electrons. The minimum Gasteiger partial charge on any atom is -0.245 e. The van der Waals surface area contributed by atoms with Gasteiger partial charge >= 0.3 is 0 Å². The summed E-state index contributed by atoms with van der Waals surface area (Å²) in [4.78, 5) is 0. The molecule has 0 saturated heterocycles. The third-order valence-corrected chi connectivity index (χ3v) is 0.618. The molecule has 0 aliphatic carbocycles. The van der Waals surface area contributed by atoms with Crippen LogP contribution in [0.15, 0.2) is 12.2 Å². The Labute approximate surface area is 62.6 Å². The molecule has 0 atom stereocenters. The van der Waals surface area contributed by atoms with E-state index in [-0.39, 0.29) is 16.8 Å². The van der Waals surface area contributed by atoms with Gasteiger partial charge in [0.25, 0.3) is 0 Å². The average Bonchev–Trinajstić information content (AvgIpc) is 1.30. The zero-order valence-corrected chi connectivity index (χ0v) is 6.74. The fourth-order valence-electron chi connectivity index (χ4n) is 0.354. The monoisotopic (exact) mass is 156 g/mol. The van der Waals surface area contributed by atoms with Crippen LogP contribution in [0.1, 0.15) is 20.8 Å². The van der Waals surface area contributed by atoms with E-state index >= 15 is 0 Å². The third kappa shape index (κ3) is 9.45. The van der Waals surface area contributed by atoms with E-state index in [1.807, 2.05) is 6.08 Å². The summed E-state index contributed by atoms with van der Waals surface area (Å²) >= 11 is 0. The smallest absolute Gasteiger partial charge is 0 e. The summed E-state index contributed by atoms with van der Waals surface area (Å²) in [6.07, 6.45) is 3.91. The van der Waals surface area contributed by atoms with Crippen molar-refractivity contribution in [1.82, 2.24) is 0 Å². The van der Waals surface area contributed by atoms with E-state index in [1.54, 1.807) is 0 Å². The largest absolute Gasteiger partial charge is 0.245 e. The molecule has 0 aliphatic heterocycles. The minimum atomic E-state index is 0. The first-order chi connectivity index (χ1) is 3.06. The van der Waals surface area contributed by atoms with Gasteiger partial charge in [-0.05, 0) is 0 Å². The van der Waals surface area contributed by atoms with Crippen molar-refractivity contribution in [2.45, 2.75) is 20.8 Å². The van der Waals surface area contributed by atoms with Crippen LogP contribution in [0.25, 0.3) is 0 Å². The Morgan fingerprint density at radius 2 is 1.62 bits per heavy atom. The number of hydrogen-bond acceptors (Lipinski definition) is 0. The Bertz CT molecular complexity index is 66.9. The van der Waals surface area contributed by atoms with Gasteiger partial charge in [-0.2, -0.15) is 0 Å². The van der Waals surface area contributed by atoms with Crippen LogP contribution in [0.3, 0.4) is 0 Å². The standard InChI is InChI=1S/C7H13.Co/c1-5-6-7(2,3)4;/h5-6H,1H2,2-4H3;/q-1;. The van der Waals surface area contributed by atoms with Crippen molar-refractivity contribution in [3.05, 3.63) is 19.1 Å². The van der Waals surface area contributed by atoms with Gasteiger partial charge in [-0.25, -0.2) is 19.1 Å². The van der Waals surface area contributed by atoms with Crippen LogP contribution < -0.4 is 0 Å². The first-order valence-corrected chi connectivity index (χ1v) is 2.53. The molecule has 0 rings (SSSR count). The first-order valence-electron chi connectivity index (χ1n) is 2.53. The van der Waals surface area contributed by atoms with Gasteiger partial charge in [-0.15, -0.1) is 0 Å². The van der Waals surface area contributed by atoms with Gasteiger partial charge in [0.05, 0.1) is 0 Å². The van der Waals surface area contributed by atoms with Gasteiger partial charge in [0.15, 0.2) is 0 Å². The van der Waals surface area contributed by atoms with E-state index in [0.717, 1.165) is 0 Å². The Morgan fingerprint density at radius 1 is 1.25 bits per heavy atom. The Hall–Kier alpha value is 0.116. The Balaban J connectivity index is 0. The van der Waals surface area contributed by atoms with Crippen LogP contribution >= 0.6 is 0 Å². The molecule has 0 saturated carbocycles. The Kier molecular flexibility index (Phi) is 5.55. The summed E-state index contributed by atoms with van der Waals surface area (Å²) < 4.78 is 0. The maximum absolute atomic E-state index is 3.59. The van der Waals surface area contributed by atoms with Crippen molar-refractivity contribution in [2.24, 2.45) is 5.41 Å². The van der Waals surface area contributed by atoms with E-state index in [4.69, 9.17) is 0 Å². The van der Waals surface area contributed by atoms with Gasteiger partial charge in [0.1, 0.15) is 0 Å². The molecule has 8 heavy (non-hydrogen) atoms. The van der Waals surface area contributed by atoms with Crippen molar-refractivity contribution in [2.75, 3.05) is 0 Å². The molecule has 0 nitrogen and oxygen atoms in total. The predicted molar refractivity (Wildman–Crippen MR) is 34.0 cm³/mol. The zero-order chi connectivity index (χ0) is 5.91. The maximum atomic E-state index is 3.59. The minimum absolute atomic E-state index is 0. The summed E-state index contributed by atoms with van der Waals surface area (Å²) in [6.45, 7) is 10.0. The van der Waals surface area contributed by atoms with E-state index < -0.39 is 0 Å². The normalized spacial score (nSPS) is 11.4. The summed E-state index contributed by atoms with van der Waals surface area (Å²) in [6, 6.07) is 0. The van der Waals surface area contributed by atoms with E-state index in [2.05, 4.69) is 33.8 Å². The topological polar surface area (TPSA) is 0 Å². The number of hydrogen-bond donors (Lipinski definition) is 0. The molecule has 0 aromatic carbocycles. The fraction of sp³-hybridized carbons (Fsp3) is 0.571. The van der Waals surface area contributed by atoms with Gasteiger partial charge in [0.2, 0.25) is 0 Å². The predicted octanol–water partition coefficient (Wildman–Crippen LogP) is 2.42. The molecule has 1 heteroatoms. The molecule has 0 heterocycles. The molecule has 0 aliphatic rings. The van der Waals surface area contributed by atoms with Crippen molar-refractivity contribution < 1.29 is 16.8 Å². The van der Waals surface area contributed by atoms with Gasteiger partial charge in [-0.1, -0.05) is 26.2 Å². The second-order valence-corrected chi connectivity index (χ2v) is 2.77. The van der Waals surface area contributed by atoms with Crippen LogP contribution in [0, 0.1) is 12.3 Å². The molecule has 0 aromatic rings. The number of rotatable bonds is 0. The summed E-state index contributed by atoms with van der Waals surface area (Å²) in [7, 11) is 0. The summed E-state index contributed by atoms with van der Waals surface area (Å²) in [5.41, 5.74) is 0.307. The second kappa shape index (κ2) is 4.04. The van der Waals surface area contributed by atoms with Crippen molar-refractivity contribution in [1.29, 1.82) is 0 Å². The summed E-state index contributed by atoms with van der Waals surface area (Å²) in [5, 5.41) is 0. The SMILES string of the molecule is [CH2-]C=CC(C)(C)C.[Co]. The molecular formula is C7H13Co-. The molecule has 0 unspecified atom stereocenters. The van der Waals surface area contributed by atoms with E-state index in [9.17, 15) is 0 Å². The van der Waals surface area contributed by atoms with Crippen LogP contribution in [-0.4, -0.2) is 0 Å². The first kappa shape index (κ1) is 11.0. The second-order valence-electron chi connectivity index (χ2n) is 2.77. The number of allylic oxidation sites excluding steroid dienone is 2. The molecule has 0 aromatic heterocycles. The molecule has 0 bridgehead atoms. The third-order valence-electron chi connectivity index (χ3n) is 0.618. The maximum Gasteiger partial charge on any atom is 0 e. The van der Waals surface area contributed by atoms with Crippen LogP contribution in [-0.2, 0) is 16.8 Å². The molecule has 0 N–H and O–H groups in total. The fourth-order valence-corrected chi connectivity index (χ4v) is 0.354. The molecule has 0 spiro atoms. The average molecular weight is 156 g/mol. The quantitative estimate of drug-likeness (QED) is 0.472.